The van der Waals surface area contributed by atoms with E-state index in [1.54, 1.807) is 17.0 Å². The quantitative estimate of drug-likeness (QED) is 0.665. The van der Waals surface area contributed by atoms with E-state index < -0.39 is 0 Å². The second-order valence-electron chi connectivity index (χ2n) is 8.57. The second-order valence-corrected chi connectivity index (χ2v) is 8.57. The van der Waals surface area contributed by atoms with Gasteiger partial charge in [0, 0.05) is 11.9 Å². The molecule has 1 aliphatic carbocycles. The van der Waals surface area contributed by atoms with E-state index in [2.05, 4.69) is 21.4 Å². The van der Waals surface area contributed by atoms with E-state index in [0.717, 1.165) is 24.3 Å². The Bertz CT molecular complexity index is 1130. The van der Waals surface area contributed by atoms with Crippen LogP contribution in [-0.4, -0.2) is 33.4 Å². The highest BCUT2D eigenvalue weighted by molar-refractivity contribution is 5.99. The van der Waals surface area contributed by atoms with Gasteiger partial charge in [0.2, 0.25) is 5.91 Å². The molecule has 0 unspecified atom stereocenters. The lowest BCUT2D eigenvalue weighted by Gasteiger charge is -2.32. The number of H-pyrrole nitrogens is 1. The van der Waals surface area contributed by atoms with Crippen molar-refractivity contribution in [3.05, 3.63) is 64.5 Å². The maximum Gasteiger partial charge on any atom is 0.258 e. The third-order valence-electron chi connectivity index (χ3n) is 6.57. The molecular formula is C24H27N5O2. The minimum Gasteiger partial charge on any atom is -0.313 e. The molecule has 3 heterocycles. The fourth-order valence-electron chi connectivity index (χ4n) is 4.58. The molecule has 1 amide bonds. The minimum absolute atomic E-state index is 0.0218. The van der Waals surface area contributed by atoms with E-state index in [1.807, 2.05) is 18.3 Å². The number of anilines is 1. The lowest BCUT2D eigenvalue weighted by atomic mass is 9.85. The standard InChI is InChI=1S/C24H27N5O2/c30-23-20-9-8-19(12-22(20)27-15-28-23)29(24(31)21-10-11-25-21)14-18-7-6-17(13-26-18)16-4-2-1-3-5-16/h6-9,12-13,15-16,21,25H,1-5,10-11,14H2,(H,27,28,30)/t21-/m1/s1. The molecule has 5 rings (SSSR count). The molecule has 1 aliphatic heterocycles. The molecule has 0 spiro atoms. The van der Waals surface area contributed by atoms with Crippen molar-refractivity contribution in [2.45, 2.75) is 57.0 Å². The fourth-order valence-corrected chi connectivity index (χ4v) is 4.58. The number of benzene rings is 1. The molecule has 7 heteroatoms. The minimum atomic E-state index is -0.185. The van der Waals surface area contributed by atoms with Crippen LogP contribution >= 0.6 is 0 Å². The molecule has 7 nitrogen and oxygen atoms in total. The summed E-state index contributed by atoms with van der Waals surface area (Å²) < 4.78 is 0. The number of carbonyl (C=O) groups is 1. The Kier molecular flexibility index (Phi) is 5.51. The van der Waals surface area contributed by atoms with Crippen LogP contribution in [0.15, 0.2) is 47.7 Å². The van der Waals surface area contributed by atoms with Crippen LogP contribution in [0.25, 0.3) is 10.9 Å². The Hall–Kier alpha value is -3.06. The van der Waals surface area contributed by atoms with Crippen molar-refractivity contribution >= 4 is 22.5 Å². The largest absolute Gasteiger partial charge is 0.313 e. The first-order valence-electron chi connectivity index (χ1n) is 11.2. The molecular weight excluding hydrogens is 390 g/mol. The summed E-state index contributed by atoms with van der Waals surface area (Å²) in [7, 11) is 0. The predicted molar refractivity (Wildman–Crippen MR) is 120 cm³/mol. The zero-order chi connectivity index (χ0) is 21.2. The molecule has 3 aromatic rings. The number of amides is 1. The molecule has 0 bridgehead atoms. The van der Waals surface area contributed by atoms with Gasteiger partial charge in [-0.15, -0.1) is 0 Å². The van der Waals surface area contributed by atoms with Gasteiger partial charge in [-0.1, -0.05) is 25.3 Å². The summed E-state index contributed by atoms with van der Waals surface area (Å²) in [5.41, 5.74) is 3.26. The first kappa shape index (κ1) is 19.9. The monoisotopic (exact) mass is 417 g/mol. The van der Waals surface area contributed by atoms with E-state index in [4.69, 9.17) is 4.98 Å². The van der Waals surface area contributed by atoms with Crippen LogP contribution in [0.4, 0.5) is 5.69 Å². The maximum absolute atomic E-state index is 13.2. The Morgan fingerprint density at radius 2 is 1.90 bits per heavy atom. The van der Waals surface area contributed by atoms with E-state index in [9.17, 15) is 9.59 Å². The lowest BCUT2D eigenvalue weighted by molar-refractivity contribution is -0.122. The van der Waals surface area contributed by atoms with Gasteiger partial charge in [0.05, 0.1) is 35.5 Å². The Morgan fingerprint density at radius 1 is 1.06 bits per heavy atom. The first-order chi connectivity index (χ1) is 15.2. The molecule has 1 aromatic carbocycles. The van der Waals surface area contributed by atoms with Crippen molar-refractivity contribution in [1.82, 2.24) is 20.3 Å². The summed E-state index contributed by atoms with van der Waals surface area (Å²) in [4.78, 5) is 38.5. The molecule has 1 atom stereocenters. The van der Waals surface area contributed by atoms with Crippen LogP contribution < -0.4 is 15.8 Å². The van der Waals surface area contributed by atoms with E-state index in [-0.39, 0.29) is 17.5 Å². The van der Waals surface area contributed by atoms with Crippen molar-refractivity contribution in [2.24, 2.45) is 0 Å². The van der Waals surface area contributed by atoms with E-state index >= 15 is 0 Å². The van der Waals surface area contributed by atoms with Gasteiger partial charge in [0.1, 0.15) is 0 Å². The molecule has 1 saturated heterocycles. The number of hydrogen-bond acceptors (Lipinski definition) is 5. The second kappa shape index (κ2) is 8.59. The summed E-state index contributed by atoms with van der Waals surface area (Å²) in [6, 6.07) is 9.38. The number of rotatable bonds is 5. The SMILES string of the molecule is O=C([C@H]1CCN1)N(Cc1ccc(C2CCCCC2)cn1)c1ccc2c(=O)[nH]cnc2c1. The molecule has 2 fully saturated rings. The predicted octanol–water partition coefficient (Wildman–Crippen LogP) is 3.26. The van der Waals surface area contributed by atoms with Gasteiger partial charge in [-0.25, -0.2) is 4.98 Å². The van der Waals surface area contributed by atoms with Crippen molar-refractivity contribution in [2.75, 3.05) is 11.4 Å². The highest BCUT2D eigenvalue weighted by atomic mass is 16.2. The summed E-state index contributed by atoms with van der Waals surface area (Å²) in [6.45, 7) is 1.24. The molecule has 31 heavy (non-hydrogen) atoms. The third kappa shape index (κ3) is 4.10. The van der Waals surface area contributed by atoms with E-state index in [1.165, 1.54) is 44.0 Å². The van der Waals surface area contributed by atoms with Crippen molar-refractivity contribution in [1.29, 1.82) is 0 Å². The molecule has 2 aliphatic rings. The molecule has 160 valence electrons. The van der Waals surface area contributed by atoms with Crippen molar-refractivity contribution in [3.63, 3.8) is 0 Å². The van der Waals surface area contributed by atoms with Gasteiger partial charge >= 0.3 is 0 Å². The van der Waals surface area contributed by atoms with E-state index in [0.29, 0.717) is 23.4 Å². The number of carbonyl (C=O) groups excluding carboxylic acids is 1. The number of pyridine rings is 1. The smallest absolute Gasteiger partial charge is 0.258 e. The van der Waals surface area contributed by atoms with Gasteiger partial charge in [0.25, 0.3) is 5.56 Å². The summed E-state index contributed by atoms with van der Waals surface area (Å²) in [5, 5.41) is 3.71. The third-order valence-corrected chi connectivity index (χ3v) is 6.57. The van der Waals surface area contributed by atoms with Gasteiger partial charge in [-0.05, 0) is 61.6 Å². The number of aromatic nitrogens is 3. The average molecular weight is 418 g/mol. The lowest BCUT2D eigenvalue weighted by Crippen LogP contribution is -2.54. The summed E-state index contributed by atoms with van der Waals surface area (Å²) in [5.74, 6) is 0.630. The average Bonchev–Trinajstić information content (AvgIpc) is 2.77. The van der Waals surface area contributed by atoms with Crippen molar-refractivity contribution < 1.29 is 4.79 Å². The molecule has 0 radical (unpaired) electrons. The zero-order valence-corrected chi connectivity index (χ0v) is 17.5. The van der Waals surface area contributed by atoms with Crippen LogP contribution in [-0.2, 0) is 11.3 Å². The van der Waals surface area contributed by atoms with Gasteiger partial charge in [-0.3, -0.25) is 14.6 Å². The Morgan fingerprint density at radius 3 is 2.61 bits per heavy atom. The van der Waals surface area contributed by atoms with Gasteiger partial charge in [-0.2, -0.15) is 0 Å². The number of nitrogens with one attached hydrogen (secondary N) is 2. The van der Waals surface area contributed by atoms with Crippen LogP contribution in [0.1, 0.15) is 55.7 Å². The highest BCUT2D eigenvalue weighted by Crippen LogP contribution is 2.32. The van der Waals surface area contributed by atoms with Crippen LogP contribution in [0.3, 0.4) is 0 Å². The Balaban J connectivity index is 1.42. The summed E-state index contributed by atoms with van der Waals surface area (Å²) in [6.07, 6.45) is 10.6. The molecule has 1 saturated carbocycles. The highest BCUT2D eigenvalue weighted by Gasteiger charge is 2.30. The first-order valence-corrected chi connectivity index (χ1v) is 11.2. The number of hydrogen-bond donors (Lipinski definition) is 2. The number of aromatic amines is 1. The number of fused-ring (bicyclic) bond motifs is 1. The number of nitrogens with zero attached hydrogens (tertiary/aromatic N) is 3. The topological polar surface area (TPSA) is 91.0 Å². The summed E-state index contributed by atoms with van der Waals surface area (Å²) >= 11 is 0. The van der Waals surface area contributed by atoms with Crippen LogP contribution in [0.2, 0.25) is 0 Å². The van der Waals surface area contributed by atoms with Crippen molar-refractivity contribution in [3.8, 4) is 0 Å². The van der Waals surface area contributed by atoms with Gasteiger partial charge < -0.3 is 15.2 Å². The molecule has 2 N–H and O–H groups in total. The van der Waals surface area contributed by atoms with Gasteiger partial charge in [0.15, 0.2) is 0 Å². The zero-order valence-electron chi connectivity index (χ0n) is 17.5. The van der Waals surface area contributed by atoms with Crippen LogP contribution in [0.5, 0.6) is 0 Å². The Labute approximate surface area is 180 Å². The normalized spacial score (nSPS) is 19.2. The maximum atomic E-state index is 13.2. The van der Waals surface area contributed by atoms with Crippen LogP contribution in [0, 0.1) is 0 Å². The fraction of sp³-hybridized carbons (Fsp3) is 0.417. The molecule has 2 aromatic heterocycles.